The summed E-state index contributed by atoms with van der Waals surface area (Å²) in [5, 5.41) is 0. The van der Waals surface area contributed by atoms with Crippen molar-refractivity contribution in [1.82, 2.24) is 0 Å². The molecular weight excluding hydrogens is 156 g/mol. The summed E-state index contributed by atoms with van der Waals surface area (Å²) in [6.45, 7) is 7.80. The van der Waals surface area contributed by atoms with E-state index in [4.69, 9.17) is 0 Å². The van der Waals surface area contributed by atoms with Crippen LogP contribution in [0.1, 0.15) is 25.0 Å². The van der Waals surface area contributed by atoms with E-state index in [0.29, 0.717) is 0 Å². The summed E-state index contributed by atoms with van der Waals surface area (Å²) in [6, 6.07) is 8.21. The summed E-state index contributed by atoms with van der Waals surface area (Å²) in [6.07, 6.45) is 0.921. The highest BCUT2D eigenvalue weighted by Gasteiger charge is 1.97. The Hall–Kier alpha value is -1.48. The molecule has 66 valence electrons. The molecular formula is C13H14. The highest BCUT2D eigenvalue weighted by atomic mass is 14.0. The number of rotatable bonds is 2. The lowest BCUT2D eigenvalue weighted by atomic mass is 10.0. The van der Waals surface area contributed by atoms with Gasteiger partial charge >= 0.3 is 0 Å². The predicted octanol–water partition coefficient (Wildman–Crippen LogP) is 3.18. The molecule has 0 aliphatic heterocycles. The molecule has 0 unspecified atom stereocenters. The molecule has 0 aromatic heterocycles. The fourth-order valence-electron chi connectivity index (χ4n) is 1.26. The summed E-state index contributed by atoms with van der Waals surface area (Å²) in [7, 11) is 0. The zero-order chi connectivity index (χ0) is 9.68. The zero-order valence-corrected chi connectivity index (χ0v) is 8.22. The third kappa shape index (κ3) is 2.80. The molecule has 0 spiro atoms. The second kappa shape index (κ2) is 4.52. The van der Waals surface area contributed by atoms with E-state index in [1.807, 2.05) is 26.0 Å². The van der Waals surface area contributed by atoms with Crippen LogP contribution in [0.15, 0.2) is 36.4 Å². The first-order chi connectivity index (χ1) is 6.24. The molecule has 0 atom stereocenters. The molecule has 0 N–H and O–H groups in total. The highest BCUT2D eigenvalue weighted by Crippen LogP contribution is 2.11. The highest BCUT2D eigenvalue weighted by molar-refractivity contribution is 5.42. The minimum Gasteiger partial charge on any atom is -0.101 e. The first-order valence-corrected chi connectivity index (χ1v) is 4.39. The number of hydrogen-bond acceptors (Lipinski definition) is 0. The Morgan fingerprint density at radius 3 is 2.69 bits per heavy atom. The van der Waals surface area contributed by atoms with Crippen LogP contribution in [-0.2, 0) is 6.42 Å². The average molecular weight is 170 g/mol. The maximum atomic E-state index is 3.90. The van der Waals surface area contributed by atoms with Crippen LogP contribution >= 0.6 is 0 Å². The van der Waals surface area contributed by atoms with Crippen molar-refractivity contribution in [3.8, 4) is 11.8 Å². The predicted molar refractivity (Wildman–Crippen MR) is 57.5 cm³/mol. The molecule has 13 heavy (non-hydrogen) atoms. The first kappa shape index (κ1) is 9.61. The van der Waals surface area contributed by atoms with Gasteiger partial charge in [0.15, 0.2) is 0 Å². The van der Waals surface area contributed by atoms with Gasteiger partial charge in [-0.3, -0.25) is 0 Å². The molecule has 0 nitrogen and oxygen atoms in total. The normalized spacial score (nSPS) is 8.77. The minimum absolute atomic E-state index is 0.921. The van der Waals surface area contributed by atoms with Gasteiger partial charge in [-0.25, -0.2) is 0 Å². The molecule has 0 aliphatic carbocycles. The standard InChI is InChI=1S/C13H14/c1-4-7-12-8-5-6-9-13(12)10-11(2)3/h5-6,8-9H,2,10H2,1,3H3. The summed E-state index contributed by atoms with van der Waals surface area (Å²) in [5.74, 6) is 6.01. The van der Waals surface area contributed by atoms with Gasteiger partial charge in [0, 0.05) is 5.56 Å². The van der Waals surface area contributed by atoms with E-state index in [1.54, 1.807) is 0 Å². The van der Waals surface area contributed by atoms with E-state index in [9.17, 15) is 0 Å². The average Bonchev–Trinajstić information content (AvgIpc) is 2.08. The molecule has 1 aromatic rings. The Kier molecular flexibility index (Phi) is 3.34. The van der Waals surface area contributed by atoms with Gasteiger partial charge in [-0.15, -0.1) is 5.92 Å². The van der Waals surface area contributed by atoms with Gasteiger partial charge in [-0.1, -0.05) is 36.3 Å². The van der Waals surface area contributed by atoms with Crippen molar-refractivity contribution in [1.29, 1.82) is 0 Å². The largest absolute Gasteiger partial charge is 0.101 e. The monoisotopic (exact) mass is 170 g/mol. The fourth-order valence-corrected chi connectivity index (χ4v) is 1.26. The lowest BCUT2D eigenvalue weighted by molar-refractivity contribution is 1.15. The number of benzene rings is 1. The van der Waals surface area contributed by atoms with Crippen LogP contribution in [0.5, 0.6) is 0 Å². The Labute approximate surface area is 80.3 Å². The van der Waals surface area contributed by atoms with Crippen molar-refractivity contribution in [2.45, 2.75) is 20.3 Å². The lowest BCUT2D eigenvalue weighted by Gasteiger charge is -2.02. The van der Waals surface area contributed by atoms with Crippen molar-refractivity contribution < 1.29 is 0 Å². The van der Waals surface area contributed by atoms with Crippen molar-refractivity contribution in [3.05, 3.63) is 47.5 Å². The summed E-state index contributed by atoms with van der Waals surface area (Å²) in [5.41, 5.74) is 3.56. The van der Waals surface area contributed by atoms with Gasteiger partial charge in [0.2, 0.25) is 0 Å². The van der Waals surface area contributed by atoms with Crippen molar-refractivity contribution >= 4 is 0 Å². The van der Waals surface area contributed by atoms with Gasteiger partial charge in [0.1, 0.15) is 0 Å². The van der Waals surface area contributed by atoms with Gasteiger partial charge < -0.3 is 0 Å². The molecule has 0 bridgehead atoms. The molecule has 0 heterocycles. The first-order valence-electron chi connectivity index (χ1n) is 4.39. The SMILES string of the molecule is C=C(C)Cc1ccccc1C#CC. The summed E-state index contributed by atoms with van der Waals surface area (Å²) in [4.78, 5) is 0. The smallest absolute Gasteiger partial charge is 0.0280 e. The third-order valence-corrected chi connectivity index (χ3v) is 1.77. The van der Waals surface area contributed by atoms with Crippen molar-refractivity contribution in [3.63, 3.8) is 0 Å². The fraction of sp³-hybridized carbons (Fsp3) is 0.231. The minimum atomic E-state index is 0.921. The van der Waals surface area contributed by atoms with E-state index < -0.39 is 0 Å². The van der Waals surface area contributed by atoms with Crippen LogP contribution in [-0.4, -0.2) is 0 Å². The van der Waals surface area contributed by atoms with E-state index in [-0.39, 0.29) is 0 Å². The van der Waals surface area contributed by atoms with E-state index in [1.165, 1.54) is 11.1 Å². The second-order valence-corrected chi connectivity index (χ2v) is 3.17. The van der Waals surface area contributed by atoms with Crippen LogP contribution in [0.2, 0.25) is 0 Å². The Morgan fingerprint density at radius 2 is 2.08 bits per heavy atom. The van der Waals surface area contributed by atoms with E-state index in [2.05, 4.69) is 30.6 Å². The molecule has 0 saturated heterocycles. The Balaban J connectivity index is 3.02. The van der Waals surface area contributed by atoms with E-state index >= 15 is 0 Å². The van der Waals surface area contributed by atoms with Crippen LogP contribution in [0.4, 0.5) is 0 Å². The summed E-state index contributed by atoms with van der Waals surface area (Å²) >= 11 is 0. The lowest BCUT2D eigenvalue weighted by Crippen LogP contribution is -1.90. The Bertz CT molecular complexity index is 361. The van der Waals surface area contributed by atoms with Crippen LogP contribution in [0.25, 0.3) is 0 Å². The zero-order valence-electron chi connectivity index (χ0n) is 8.22. The molecule has 0 radical (unpaired) electrons. The molecule has 1 aromatic carbocycles. The molecule has 0 amide bonds. The van der Waals surface area contributed by atoms with Gasteiger partial charge in [0.05, 0.1) is 0 Å². The number of allylic oxidation sites excluding steroid dienone is 1. The molecule has 0 fully saturated rings. The van der Waals surface area contributed by atoms with Gasteiger partial charge in [0.25, 0.3) is 0 Å². The topological polar surface area (TPSA) is 0 Å². The Morgan fingerprint density at radius 1 is 1.38 bits per heavy atom. The van der Waals surface area contributed by atoms with Crippen molar-refractivity contribution in [2.24, 2.45) is 0 Å². The maximum Gasteiger partial charge on any atom is 0.0280 e. The quantitative estimate of drug-likeness (QED) is 0.472. The molecule has 0 heteroatoms. The van der Waals surface area contributed by atoms with Crippen molar-refractivity contribution in [2.75, 3.05) is 0 Å². The summed E-state index contributed by atoms with van der Waals surface area (Å²) < 4.78 is 0. The van der Waals surface area contributed by atoms with E-state index in [0.717, 1.165) is 12.0 Å². The van der Waals surface area contributed by atoms with Gasteiger partial charge in [-0.05, 0) is 31.9 Å². The third-order valence-electron chi connectivity index (χ3n) is 1.77. The van der Waals surface area contributed by atoms with Crippen LogP contribution in [0.3, 0.4) is 0 Å². The van der Waals surface area contributed by atoms with Crippen LogP contribution < -0.4 is 0 Å². The number of hydrogen-bond donors (Lipinski definition) is 0. The maximum absolute atomic E-state index is 3.90. The second-order valence-electron chi connectivity index (χ2n) is 3.17. The molecule has 0 aliphatic rings. The van der Waals surface area contributed by atoms with Gasteiger partial charge in [-0.2, -0.15) is 0 Å². The molecule has 0 saturated carbocycles. The molecule has 1 rings (SSSR count). The van der Waals surface area contributed by atoms with Crippen LogP contribution in [0, 0.1) is 11.8 Å².